The fourth-order valence-electron chi connectivity index (χ4n) is 0.483. The SMILES string of the molecule is C/C(=C/C(=O)O)C(=O)O.C=CCCC=C. The number of aliphatic carboxylic acids is 2. The molecule has 0 aliphatic carbocycles. The minimum absolute atomic E-state index is 0.178. The Bertz CT molecular complexity index is 256. The Labute approximate surface area is 89.2 Å². The van der Waals surface area contributed by atoms with Crippen LogP contribution in [0.1, 0.15) is 19.8 Å². The second-order valence-electron chi connectivity index (χ2n) is 2.63. The standard InChI is InChI=1S/C6H10.C5H6O4/c1-3-5-6-4-2;1-3(5(8)9)2-4(6)7/h3-4H,1-2,5-6H2;2H,1H3,(H,6,7)(H,8,9)/b;3-2-. The zero-order valence-electron chi connectivity index (χ0n) is 8.77. The third-order valence-electron chi connectivity index (χ3n) is 1.25. The molecule has 0 saturated heterocycles. The molecule has 0 atom stereocenters. The quantitative estimate of drug-likeness (QED) is 0.416. The summed E-state index contributed by atoms with van der Waals surface area (Å²) >= 11 is 0. The summed E-state index contributed by atoms with van der Waals surface area (Å²) in [5.74, 6) is -2.45. The van der Waals surface area contributed by atoms with Gasteiger partial charge in [-0.1, -0.05) is 12.2 Å². The van der Waals surface area contributed by atoms with Gasteiger partial charge in [0.15, 0.2) is 0 Å². The maximum Gasteiger partial charge on any atom is 0.331 e. The monoisotopic (exact) mass is 212 g/mol. The predicted octanol–water partition coefficient (Wildman–Crippen LogP) is 2.24. The Morgan fingerprint density at radius 2 is 1.53 bits per heavy atom. The molecule has 0 aliphatic rings. The first-order chi connectivity index (χ1) is 6.95. The molecule has 4 heteroatoms. The van der Waals surface area contributed by atoms with Gasteiger partial charge in [0.1, 0.15) is 0 Å². The van der Waals surface area contributed by atoms with E-state index in [0.29, 0.717) is 6.08 Å². The highest BCUT2D eigenvalue weighted by Crippen LogP contribution is 1.89. The first kappa shape index (κ1) is 15.6. The molecular weight excluding hydrogens is 196 g/mol. The summed E-state index contributed by atoms with van der Waals surface area (Å²) in [6, 6.07) is 0. The largest absolute Gasteiger partial charge is 0.478 e. The van der Waals surface area contributed by atoms with Crippen LogP contribution in [0.3, 0.4) is 0 Å². The molecule has 0 aromatic rings. The molecule has 0 fully saturated rings. The third-order valence-corrected chi connectivity index (χ3v) is 1.25. The van der Waals surface area contributed by atoms with Crippen LogP contribution in [0.4, 0.5) is 0 Å². The van der Waals surface area contributed by atoms with Gasteiger partial charge < -0.3 is 10.2 Å². The molecule has 0 aromatic carbocycles. The van der Waals surface area contributed by atoms with Gasteiger partial charge in [0.2, 0.25) is 0 Å². The van der Waals surface area contributed by atoms with Crippen LogP contribution in [0.5, 0.6) is 0 Å². The fourth-order valence-corrected chi connectivity index (χ4v) is 0.483. The number of carboxylic acid groups (broad SMARTS) is 2. The first-order valence-electron chi connectivity index (χ1n) is 4.32. The molecule has 2 N–H and O–H groups in total. The molecule has 4 nitrogen and oxygen atoms in total. The number of rotatable bonds is 5. The van der Waals surface area contributed by atoms with Gasteiger partial charge >= 0.3 is 11.9 Å². The van der Waals surface area contributed by atoms with E-state index < -0.39 is 11.9 Å². The summed E-state index contributed by atoms with van der Waals surface area (Å²) in [6.07, 6.45) is 6.54. The highest BCUT2D eigenvalue weighted by atomic mass is 16.4. The number of allylic oxidation sites excluding steroid dienone is 2. The van der Waals surface area contributed by atoms with Gasteiger partial charge in [0.25, 0.3) is 0 Å². The van der Waals surface area contributed by atoms with Crippen molar-refractivity contribution in [3.8, 4) is 0 Å². The van der Waals surface area contributed by atoms with Crippen LogP contribution in [0.15, 0.2) is 37.0 Å². The minimum Gasteiger partial charge on any atom is -0.478 e. The van der Waals surface area contributed by atoms with Crippen LogP contribution in [0.2, 0.25) is 0 Å². The molecule has 0 heterocycles. The van der Waals surface area contributed by atoms with Crippen LogP contribution in [-0.2, 0) is 9.59 Å². The zero-order valence-corrected chi connectivity index (χ0v) is 8.77. The summed E-state index contributed by atoms with van der Waals surface area (Å²) in [4.78, 5) is 19.7. The Hall–Kier alpha value is -1.84. The molecule has 0 amide bonds. The van der Waals surface area contributed by atoms with Crippen molar-refractivity contribution in [3.05, 3.63) is 37.0 Å². The minimum atomic E-state index is -1.24. The number of carbonyl (C=O) groups is 2. The topological polar surface area (TPSA) is 74.6 Å². The maximum atomic E-state index is 9.90. The Morgan fingerprint density at radius 1 is 1.13 bits per heavy atom. The van der Waals surface area contributed by atoms with Crippen molar-refractivity contribution in [2.45, 2.75) is 19.8 Å². The van der Waals surface area contributed by atoms with E-state index in [1.54, 1.807) is 0 Å². The Balaban J connectivity index is 0. The number of hydrogen-bond donors (Lipinski definition) is 2. The molecule has 0 rings (SSSR count). The lowest BCUT2D eigenvalue weighted by Gasteiger charge is -1.86. The first-order valence-corrected chi connectivity index (χ1v) is 4.32. The van der Waals surface area contributed by atoms with Crippen molar-refractivity contribution >= 4 is 11.9 Å². The summed E-state index contributed by atoms with van der Waals surface area (Å²) in [7, 11) is 0. The molecule has 0 radical (unpaired) electrons. The fraction of sp³-hybridized carbons (Fsp3) is 0.273. The smallest absolute Gasteiger partial charge is 0.331 e. The van der Waals surface area contributed by atoms with E-state index in [2.05, 4.69) is 13.2 Å². The molecule has 0 spiro atoms. The van der Waals surface area contributed by atoms with Crippen LogP contribution < -0.4 is 0 Å². The van der Waals surface area contributed by atoms with Gasteiger partial charge in [-0.15, -0.1) is 13.2 Å². The third kappa shape index (κ3) is 15.0. The van der Waals surface area contributed by atoms with Crippen molar-refractivity contribution < 1.29 is 19.8 Å². The van der Waals surface area contributed by atoms with E-state index in [1.807, 2.05) is 12.2 Å². The zero-order chi connectivity index (χ0) is 12.3. The van der Waals surface area contributed by atoms with Crippen LogP contribution in [0.25, 0.3) is 0 Å². The summed E-state index contributed by atoms with van der Waals surface area (Å²) in [6.45, 7) is 8.32. The van der Waals surface area contributed by atoms with Crippen molar-refractivity contribution in [3.63, 3.8) is 0 Å². The number of carboxylic acids is 2. The highest BCUT2D eigenvalue weighted by molar-refractivity contribution is 5.93. The van der Waals surface area contributed by atoms with Crippen LogP contribution >= 0.6 is 0 Å². The summed E-state index contributed by atoms with van der Waals surface area (Å²) in [5, 5.41) is 16.1. The lowest BCUT2D eigenvalue weighted by Crippen LogP contribution is -1.99. The molecule has 0 aliphatic heterocycles. The normalized spacial score (nSPS) is 9.53. The molecular formula is C11H16O4. The highest BCUT2D eigenvalue weighted by Gasteiger charge is 2.00. The Morgan fingerprint density at radius 3 is 1.67 bits per heavy atom. The number of unbranched alkanes of at least 4 members (excludes halogenated alkanes) is 1. The lowest BCUT2D eigenvalue weighted by molar-refractivity contribution is -0.135. The van der Waals surface area contributed by atoms with Crippen molar-refractivity contribution in [2.24, 2.45) is 0 Å². The molecule has 0 bridgehead atoms. The molecule has 0 aromatic heterocycles. The van der Waals surface area contributed by atoms with Crippen molar-refractivity contribution in [1.82, 2.24) is 0 Å². The molecule has 0 unspecified atom stereocenters. The maximum absolute atomic E-state index is 9.90. The predicted molar refractivity (Wildman–Crippen MR) is 58.7 cm³/mol. The molecule has 0 saturated carbocycles. The van der Waals surface area contributed by atoms with Gasteiger partial charge in [-0.05, 0) is 19.8 Å². The molecule has 15 heavy (non-hydrogen) atoms. The van der Waals surface area contributed by atoms with Crippen LogP contribution in [-0.4, -0.2) is 22.2 Å². The second-order valence-corrected chi connectivity index (χ2v) is 2.63. The van der Waals surface area contributed by atoms with E-state index in [9.17, 15) is 9.59 Å². The lowest BCUT2D eigenvalue weighted by atomic mass is 10.3. The Kier molecular flexibility index (Phi) is 10.7. The van der Waals surface area contributed by atoms with E-state index in [-0.39, 0.29) is 5.57 Å². The average molecular weight is 212 g/mol. The summed E-state index contributed by atoms with van der Waals surface area (Å²) < 4.78 is 0. The summed E-state index contributed by atoms with van der Waals surface area (Å²) in [5.41, 5.74) is -0.178. The van der Waals surface area contributed by atoms with E-state index in [0.717, 1.165) is 12.8 Å². The number of hydrogen-bond acceptors (Lipinski definition) is 2. The van der Waals surface area contributed by atoms with Gasteiger partial charge in [0.05, 0.1) is 0 Å². The van der Waals surface area contributed by atoms with Crippen molar-refractivity contribution in [2.75, 3.05) is 0 Å². The average Bonchev–Trinajstić information content (AvgIpc) is 2.14. The van der Waals surface area contributed by atoms with Gasteiger partial charge in [-0.2, -0.15) is 0 Å². The molecule has 84 valence electrons. The van der Waals surface area contributed by atoms with Gasteiger partial charge in [-0.3, -0.25) is 0 Å². The van der Waals surface area contributed by atoms with Crippen molar-refractivity contribution in [1.29, 1.82) is 0 Å². The van der Waals surface area contributed by atoms with Crippen LogP contribution in [0, 0.1) is 0 Å². The second kappa shape index (κ2) is 10.2. The van der Waals surface area contributed by atoms with E-state index in [1.165, 1.54) is 6.92 Å². The van der Waals surface area contributed by atoms with E-state index >= 15 is 0 Å². The van der Waals surface area contributed by atoms with E-state index in [4.69, 9.17) is 10.2 Å². The van der Waals surface area contributed by atoms with Gasteiger partial charge in [0, 0.05) is 11.6 Å². The van der Waals surface area contributed by atoms with Gasteiger partial charge in [-0.25, -0.2) is 9.59 Å².